The summed E-state index contributed by atoms with van der Waals surface area (Å²) in [6, 6.07) is 3.48. The molecule has 0 saturated heterocycles. The van der Waals surface area contributed by atoms with Gasteiger partial charge in [-0.1, -0.05) is 59.8 Å². The highest BCUT2D eigenvalue weighted by Gasteiger charge is 2.38. The van der Waals surface area contributed by atoms with Crippen LogP contribution in [0.3, 0.4) is 0 Å². The van der Waals surface area contributed by atoms with E-state index in [-0.39, 0.29) is 23.3 Å². The van der Waals surface area contributed by atoms with Gasteiger partial charge in [-0.05, 0) is 48.0 Å². The van der Waals surface area contributed by atoms with Crippen LogP contribution in [0.5, 0.6) is 5.75 Å². The quantitative estimate of drug-likeness (QED) is 0.377. The number of ether oxygens (including phenoxy) is 1. The molecular weight excluding hydrogens is 405 g/mol. The zero-order chi connectivity index (χ0) is 24.2. The average Bonchev–Trinajstić information content (AvgIpc) is 2.55. The Balaban J connectivity index is 3.91. The van der Waals surface area contributed by atoms with Crippen molar-refractivity contribution in [3.63, 3.8) is 0 Å². The summed E-state index contributed by atoms with van der Waals surface area (Å²) < 4.78 is 48.2. The molecule has 0 bridgehead atoms. The minimum atomic E-state index is -4.63. The summed E-state index contributed by atoms with van der Waals surface area (Å²) in [5.41, 5.74) is 0.146. The summed E-state index contributed by atoms with van der Waals surface area (Å²) in [5.74, 6) is -0.939. The molecule has 1 N–H and O–H groups in total. The van der Waals surface area contributed by atoms with Gasteiger partial charge in [0.1, 0.15) is 5.75 Å². The van der Waals surface area contributed by atoms with Crippen LogP contribution in [0.4, 0.5) is 13.2 Å². The maximum Gasteiger partial charge on any atom is 0.417 e. The Bertz CT molecular complexity index is 890. The molecule has 0 radical (unpaired) electrons. The number of carbonyl (C=O) groups is 1. The van der Waals surface area contributed by atoms with Crippen LogP contribution in [-0.2, 0) is 15.6 Å². The predicted molar refractivity (Wildman–Crippen MR) is 120 cm³/mol. The van der Waals surface area contributed by atoms with Crippen molar-refractivity contribution in [3.8, 4) is 5.75 Å². The normalized spacial score (nSPS) is 14.3. The molecule has 0 aromatic heterocycles. The van der Waals surface area contributed by atoms with Crippen LogP contribution in [0.15, 0.2) is 42.0 Å². The van der Waals surface area contributed by atoms with E-state index in [2.05, 4.69) is 0 Å². The molecule has 0 saturated carbocycles. The van der Waals surface area contributed by atoms with Gasteiger partial charge in [-0.3, -0.25) is 0 Å². The lowest BCUT2D eigenvalue weighted by Crippen LogP contribution is -2.21. The second-order valence-electron chi connectivity index (χ2n) is 9.50. The number of rotatable bonds is 6. The topological polar surface area (TPSA) is 46.5 Å². The van der Waals surface area contributed by atoms with Gasteiger partial charge in [0.2, 0.25) is 0 Å². The van der Waals surface area contributed by atoms with Crippen molar-refractivity contribution in [2.24, 2.45) is 0 Å². The molecule has 3 nitrogen and oxygen atoms in total. The van der Waals surface area contributed by atoms with Crippen molar-refractivity contribution in [1.29, 1.82) is 0 Å². The SMILES string of the molecule is CCOc1c(/C(=C/C=C/C(C)=C/C(=O)O)C(F)(F)F)cc(C(C)(C)C)cc1C(C)(C)C. The molecule has 0 spiro atoms. The average molecular weight is 439 g/mol. The highest BCUT2D eigenvalue weighted by atomic mass is 19.4. The van der Waals surface area contributed by atoms with Crippen LogP contribution in [-0.4, -0.2) is 23.9 Å². The lowest BCUT2D eigenvalue weighted by atomic mass is 9.78. The molecule has 31 heavy (non-hydrogen) atoms. The smallest absolute Gasteiger partial charge is 0.417 e. The van der Waals surface area contributed by atoms with Gasteiger partial charge in [-0.25, -0.2) is 4.79 Å². The minimum Gasteiger partial charge on any atom is -0.493 e. The van der Waals surface area contributed by atoms with Crippen LogP contribution in [0.25, 0.3) is 5.57 Å². The first kappa shape index (κ1) is 26.5. The zero-order valence-electron chi connectivity index (χ0n) is 19.6. The van der Waals surface area contributed by atoms with E-state index in [4.69, 9.17) is 9.84 Å². The van der Waals surface area contributed by atoms with Gasteiger partial charge < -0.3 is 9.84 Å². The van der Waals surface area contributed by atoms with Gasteiger partial charge in [-0.2, -0.15) is 13.2 Å². The number of hydrogen-bond donors (Lipinski definition) is 1. The summed E-state index contributed by atoms with van der Waals surface area (Å²) in [7, 11) is 0. The van der Waals surface area contributed by atoms with E-state index in [0.717, 1.165) is 17.7 Å². The molecule has 172 valence electrons. The number of carboxylic acid groups (broad SMARTS) is 1. The van der Waals surface area contributed by atoms with Crippen molar-refractivity contribution in [2.75, 3.05) is 6.61 Å². The fourth-order valence-electron chi connectivity index (χ4n) is 2.99. The number of alkyl halides is 3. The Kier molecular flexibility index (Phi) is 8.35. The second-order valence-corrected chi connectivity index (χ2v) is 9.50. The number of carboxylic acids is 1. The number of aliphatic carboxylic acids is 1. The maximum atomic E-state index is 14.2. The Morgan fingerprint density at radius 2 is 1.65 bits per heavy atom. The van der Waals surface area contributed by atoms with Crippen LogP contribution in [0.2, 0.25) is 0 Å². The van der Waals surface area contributed by atoms with E-state index >= 15 is 0 Å². The first-order valence-electron chi connectivity index (χ1n) is 10.2. The third kappa shape index (κ3) is 7.60. The van der Waals surface area contributed by atoms with Crippen molar-refractivity contribution in [3.05, 3.63) is 58.7 Å². The van der Waals surface area contributed by atoms with E-state index in [1.54, 1.807) is 13.0 Å². The molecule has 0 fully saturated rings. The highest BCUT2D eigenvalue weighted by molar-refractivity contribution is 5.81. The molecule has 0 aliphatic carbocycles. The Labute approximate surface area is 183 Å². The van der Waals surface area contributed by atoms with Gasteiger partial charge in [0, 0.05) is 17.2 Å². The Morgan fingerprint density at radius 3 is 2.06 bits per heavy atom. The number of halogens is 3. The van der Waals surface area contributed by atoms with Gasteiger partial charge in [0.15, 0.2) is 0 Å². The number of benzene rings is 1. The molecule has 0 heterocycles. The zero-order valence-corrected chi connectivity index (χ0v) is 19.6. The lowest BCUT2D eigenvalue weighted by Gasteiger charge is -2.30. The molecule has 1 aromatic rings. The third-order valence-electron chi connectivity index (χ3n) is 4.62. The van der Waals surface area contributed by atoms with Crippen molar-refractivity contribution >= 4 is 11.5 Å². The summed E-state index contributed by atoms with van der Waals surface area (Å²) in [6.45, 7) is 15.2. The van der Waals surface area contributed by atoms with Gasteiger partial charge in [0.25, 0.3) is 0 Å². The molecule has 0 unspecified atom stereocenters. The number of allylic oxidation sites excluding steroid dienone is 5. The molecule has 1 aromatic carbocycles. The fourth-order valence-corrected chi connectivity index (χ4v) is 2.99. The molecule has 6 heteroatoms. The number of hydrogen-bond acceptors (Lipinski definition) is 2. The van der Waals surface area contributed by atoms with Crippen LogP contribution in [0.1, 0.15) is 72.1 Å². The summed E-state index contributed by atoms with van der Waals surface area (Å²) in [6.07, 6.45) is -0.185. The highest BCUT2D eigenvalue weighted by Crippen LogP contribution is 2.45. The summed E-state index contributed by atoms with van der Waals surface area (Å²) >= 11 is 0. The molecule has 0 amide bonds. The second kappa shape index (κ2) is 9.75. The van der Waals surface area contributed by atoms with E-state index in [0.29, 0.717) is 11.1 Å². The fraction of sp³-hybridized carbons (Fsp3) is 0.480. The van der Waals surface area contributed by atoms with Crippen molar-refractivity contribution in [1.82, 2.24) is 0 Å². The summed E-state index contributed by atoms with van der Waals surface area (Å²) in [4.78, 5) is 10.7. The molecular formula is C25H33F3O3. The van der Waals surface area contributed by atoms with Crippen LogP contribution < -0.4 is 4.74 Å². The monoisotopic (exact) mass is 438 g/mol. The first-order valence-corrected chi connectivity index (χ1v) is 10.2. The molecule has 0 atom stereocenters. The molecule has 1 rings (SSSR count). The van der Waals surface area contributed by atoms with Crippen molar-refractivity contribution < 1.29 is 27.8 Å². The lowest BCUT2D eigenvalue weighted by molar-refractivity contribution is -0.131. The molecule has 0 aliphatic rings. The largest absolute Gasteiger partial charge is 0.493 e. The van der Waals surface area contributed by atoms with Crippen LogP contribution >= 0.6 is 0 Å². The Morgan fingerprint density at radius 1 is 1.06 bits per heavy atom. The van der Waals surface area contributed by atoms with E-state index in [1.807, 2.05) is 47.6 Å². The van der Waals surface area contributed by atoms with Gasteiger partial charge in [-0.15, -0.1) is 0 Å². The predicted octanol–water partition coefficient (Wildman–Crippen LogP) is 7.21. The van der Waals surface area contributed by atoms with E-state index < -0.39 is 23.1 Å². The minimum absolute atomic E-state index is 0.0174. The van der Waals surface area contributed by atoms with E-state index in [9.17, 15) is 18.0 Å². The Hall–Kier alpha value is -2.50. The van der Waals surface area contributed by atoms with Crippen molar-refractivity contribution in [2.45, 2.75) is 72.4 Å². The first-order chi connectivity index (χ1) is 14.0. The standard InChI is InChI=1S/C25H33F3O3/c1-9-31-22-18(14-17(23(3,4)5)15-20(22)24(6,7)8)19(25(26,27)28)12-10-11-16(2)13-21(29)30/h10-15H,9H2,1-8H3,(H,29,30)/b11-10+,16-13+,19-12-. The maximum absolute atomic E-state index is 14.2. The van der Waals surface area contributed by atoms with Gasteiger partial charge >= 0.3 is 12.1 Å². The van der Waals surface area contributed by atoms with Crippen LogP contribution in [0, 0.1) is 0 Å². The summed E-state index contributed by atoms with van der Waals surface area (Å²) in [5, 5.41) is 8.79. The van der Waals surface area contributed by atoms with E-state index in [1.165, 1.54) is 19.1 Å². The van der Waals surface area contributed by atoms with Gasteiger partial charge in [0.05, 0.1) is 12.2 Å². The third-order valence-corrected chi connectivity index (χ3v) is 4.62. The molecule has 0 aliphatic heterocycles.